The molecular weight excluding hydrogens is 545 g/mol. The summed E-state index contributed by atoms with van der Waals surface area (Å²) in [5.74, 6) is -0.485. The molecule has 41 heavy (non-hydrogen) atoms. The minimum atomic E-state index is -0.612. The molecule has 0 saturated carbocycles. The zero-order chi connectivity index (χ0) is 28.5. The van der Waals surface area contributed by atoms with E-state index < -0.39 is 11.3 Å². The summed E-state index contributed by atoms with van der Waals surface area (Å²) >= 11 is 1.34. The Morgan fingerprint density at radius 1 is 1.05 bits per heavy atom. The lowest BCUT2D eigenvalue weighted by atomic mass is 10.0. The van der Waals surface area contributed by atoms with Gasteiger partial charge in [0.25, 0.3) is 0 Å². The van der Waals surface area contributed by atoms with Crippen LogP contribution in [0.1, 0.15) is 35.3 Å². The van der Waals surface area contributed by atoms with Crippen LogP contribution in [-0.4, -0.2) is 91.0 Å². The van der Waals surface area contributed by atoms with Gasteiger partial charge in [-0.25, -0.2) is 18.8 Å². The van der Waals surface area contributed by atoms with Crippen LogP contribution in [0.3, 0.4) is 0 Å². The first kappa shape index (κ1) is 27.6. The van der Waals surface area contributed by atoms with Crippen LogP contribution < -0.4 is 5.56 Å². The molecule has 2 fully saturated rings. The standard InChI is InChI=1S/C29H34FN7O3S/c1-33-9-11-34(12-10-33)18-21-15-22(30)6-5-20(21)16-23-17-31-27(41-23)25-26(39)28(40)37-14-13-36(29(37)32-25)19-24(38)35-7-3-2-4-8-35/h5-6,13-15,17,39H,2-4,7-12,16,18-19H2,1H3. The Labute approximate surface area is 241 Å². The molecule has 0 aliphatic carbocycles. The Hall–Kier alpha value is -3.61. The number of piperazine rings is 1. The van der Waals surface area contributed by atoms with Gasteiger partial charge in [-0.15, -0.1) is 11.3 Å². The number of benzene rings is 1. The molecule has 3 aromatic heterocycles. The number of hydrogen-bond acceptors (Lipinski definition) is 8. The van der Waals surface area contributed by atoms with Crippen LogP contribution in [-0.2, 0) is 24.3 Å². The van der Waals surface area contributed by atoms with E-state index in [2.05, 4.69) is 26.8 Å². The quantitative estimate of drug-likeness (QED) is 0.360. The monoisotopic (exact) mass is 579 g/mol. The third-order valence-corrected chi connectivity index (χ3v) is 9.02. The molecule has 216 valence electrons. The molecule has 0 spiro atoms. The zero-order valence-electron chi connectivity index (χ0n) is 23.1. The van der Waals surface area contributed by atoms with Gasteiger partial charge in [-0.2, -0.15) is 0 Å². The van der Waals surface area contributed by atoms with Crippen LogP contribution in [0.2, 0.25) is 0 Å². The fraction of sp³-hybridized carbons (Fsp3) is 0.448. The van der Waals surface area contributed by atoms with Crippen molar-refractivity contribution < 1.29 is 14.3 Å². The first-order valence-electron chi connectivity index (χ1n) is 14.1. The zero-order valence-corrected chi connectivity index (χ0v) is 23.9. The fourth-order valence-electron chi connectivity index (χ4n) is 5.57. The van der Waals surface area contributed by atoms with Gasteiger partial charge in [0.2, 0.25) is 17.4 Å². The van der Waals surface area contributed by atoms with Crippen molar-refractivity contribution in [3.05, 3.63) is 69.0 Å². The number of fused-ring (bicyclic) bond motifs is 1. The van der Waals surface area contributed by atoms with E-state index in [1.807, 2.05) is 11.0 Å². The number of nitrogens with zero attached hydrogens (tertiary/aromatic N) is 7. The summed E-state index contributed by atoms with van der Waals surface area (Å²) in [4.78, 5) is 42.3. The van der Waals surface area contributed by atoms with Crippen LogP contribution in [0.5, 0.6) is 5.75 Å². The predicted molar refractivity (Wildman–Crippen MR) is 155 cm³/mol. The number of halogens is 1. The summed E-state index contributed by atoms with van der Waals surface area (Å²) in [5, 5.41) is 11.2. The minimum Gasteiger partial charge on any atom is -0.501 e. The number of likely N-dealkylation sites (tertiary alicyclic amines) is 1. The molecule has 2 aliphatic rings. The molecule has 0 atom stereocenters. The van der Waals surface area contributed by atoms with Gasteiger partial charge in [0.1, 0.15) is 17.4 Å². The second kappa shape index (κ2) is 11.7. The van der Waals surface area contributed by atoms with E-state index in [0.717, 1.165) is 74.5 Å². The number of amides is 1. The number of aromatic nitrogens is 4. The van der Waals surface area contributed by atoms with Crippen LogP contribution in [0.4, 0.5) is 4.39 Å². The van der Waals surface area contributed by atoms with Crippen molar-refractivity contribution in [2.24, 2.45) is 0 Å². The van der Waals surface area contributed by atoms with Gasteiger partial charge in [0.05, 0.1) is 0 Å². The van der Waals surface area contributed by atoms with Crippen molar-refractivity contribution in [1.29, 1.82) is 0 Å². The maximum absolute atomic E-state index is 14.2. The molecule has 10 nitrogen and oxygen atoms in total. The van der Waals surface area contributed by atoms with E-state index in [1.165, 1.54) is 28.0 Å². The number of hydrogen-bond donors (Lipinski definition) is 1. The molecule has 2 aliphatic heterocycles. The third-order valence-electron chi connectivity index (χ3n) is 8.02. The van der Waals surface area contributed by atoms with E-state index in [1.54, 1.807) is 23.0 Å². The van der Waals surface area contributed by atoms with Crippen LogP contribution in [0.15, 0.2) is 41.6 Å². The summed E-state index contributed by atoms with van der Waals surface area (Å²) in [5.41, 5.74) is 1.44. The third kappa shape index (κ3) is 5.90. The Morgan fingerprint density at radius 3 is 2.61 bits per heavy atom. The molecule has 6 rings (SSSR count). The van der Waals surface area contributed by atoms with E-state index in [9.17, 15) is 19.1 Å². The maximum atomic E-state index is 14.2. The van der Waals surface area contributed by atoms with Crippen LogP contribution in [0, 0.1) is 5.82 Å². The summed E-state index contributed by atoms with van der Waals surface area (Å²) < 4.78 is 17.1. The maximum Gasteiger partial charge on any atom is 0.302 e. The lowest BCUT2D eigenvalue weighted by molar-refractivity contribution is -0.132. The van der Waals surface area contributed by atoms with E-state index in [4.69, 9.17) is 0 Å². The predicted octanol–water partition coefficient (Wildman–Crippen LogP) is 2.81. The number of carbonyl (C=O) groups is 1. The molecule has 1 aromatic carbocycles. The van der Waals surface area contributed by atoms with Gasteiger partial charge in [0.15, 0.2) is 5.69 Å². The first-order chi connectivity index (χ1) is 19.9. The van der Waals surface area contributed by atoms with E-state index in [-0.39, 0.29) is 29.7 Å². The molecule has 1 N–H and O–H groups in total. The van der Waals surface area contributed by atoms with Crippen molar-refractivity contribution in [3.63, 3.8) is 0 Å². The van der Waals surface area contributed by atoms with Crippen molar-refractivity contribution in [2.45, 2.75) is 38.8 Å². The normalized spacial score (nSPS) is 17.0. The number of aromatic hydroxyl groups is 1. The van der Waals surface area contributed by atoms with Crippen LogP contribution >= 0.6 is 11.3 Å². The van der Waals surface area contributed by atoms with Gasteiger partial charge in [-0.1, -0.05) is 6.07 Å². The number of carbonyl (C=O) groups excluding carboxylic acids is 1. The summed E-state index contributed by atoms with van der Waals surface area (Å²) in [7, 11) is 2.11. The van der Waals surface area contributed by atoms with E-state index in [0.29, 0.717) is 18.0 Å². The molecule has 5 heterocycles. The highest BCUT2D eigenvalue weighted by atomic mass is 32.1. The van der Waals surface area contributed by atoms with Gasteiger partial charge < -0.3 is 19.5 Å². The van der Waals surface area contributed by atoms with Crippen molar-refractivity contribution in [2.75, 3.05) is 46.3 Å². The first-order valence-corrected chi connectivity index (χ1v) is 14.9. The van der Waals surface area contributed by atoms with E-state index >= 15 is 0 Å². The smallest absolute Gasteiger partial charge is 0.302 e. The highest BCUT2D eigenvalue weighted by Gasteiger charge is 2.22. The van der Waals surface area contributed by atoms with Gasteiger partial charge in [-0.05, 0) is 49.6 Å². The molecule has 0 radical (unpaired) electrons. The number of imidazole rings is 1. The number of piperidine rings is 1. The lowest BCUT2D eigenvalue weighted by Gasteiger charge is -2.32. The van der Waals surface area contributed by atoms with Crippen molar-refractivity contribution >= 4 is 23.0 Å². The molecule has 12 heteroatoms. The Balaban J connectivity index is 1.24. The Morgan fingerprint density at radius 2 is 1.83 bits per heavy atom. The second-order valence-corrected chi connectivity index (χ2v) is 12.1. The molecule has 1 amide bonds. The topological polar surface area (TPSA) is 99.2 Å². The van der Waals surface area contributed by atoms with Crippen LogP contribution in [0.25, 0.3) is 16.5 Å². The molecule has 4 aromatic rings. The van der Waals surface area contributed by atoms with Gasteiger partial charge in [0, 0.05) is 75.7 Å². The molecule has 0 bridgehead atoms. The Kier molecular flexibility index (Phi) is 7.87. The summed E-state index contributed by atoms with van der Waals surface area (Å²) in [6, 6.07) is 4.91. The van der Waals surface area contributed by atoms with Gasteiger partial charge >= 0.3 is 5.56 Å². The number of rotatable bonds is 7. The second-order valence-electron chi connectivity index (χ2n) is 11.0. The SMILES string of the molecule is CN1CCN(Cc2cc(F)ccc2Cc2cnc(-c3nc4n(CC(=O)N5CCCCC5)ccn4c(=O)c3O)s2)CC1. The highest BCUT2D eigenvalue weighted by Crippen LogP contribution is 2.31. The highest BCUT2D eigenvalue weighted by molar-refractivity contribution is 7.15. The average molecular weight is 580 g/mol. The molecule has 0 unspecified atom stereocenters. The minimum absolute atomic E-state index is 0.0186. The van der Waals surface area contributed by atoms with Gasteiger partial charge in [-0.3, -0.25) is 14.5 Å². The largest absolute Gasteiger partial charge is 0.501 e. The lowest BCUT2D eigenvalue weighted by Crippen LogP contribution is -2.44. The van der Waals surface area contributed by atoms with Crippen molar-refractivity contribution in [3.8, 4) is 16.5 Å². The average Bonchev–Trinajstić information content (AvgIpc) is 3.61. The summed E-state index contributed by atoms with van der Waals surface area (Å²) in [6.45, 7) is 6.07. The molecule has 2 saturated heterocycles. The number of thiazole rings is 1. The Bertz CT molecular complexity index is 1620. The van der Waals surface area contributed by atoms with Crippen molar-refractivity contribution in [1.82, 2.24) is 33.6 Å². The fourth-order valence-corrected chi connectivity index (χ4v) is 6.50. The molecular formula is C29H34FN7O3S. The summed E-state index contributed by atoms with van der Waals surface area (Å²) in [6.07, 6.45) is 8.53. The number of likely N-dealkylation sites (N-methyl/N-ethyl adjacent to an activating group) is 1.